The van der Waals surface area contributed by atoms with Crippen LogP contribution in [0.15, 0.2) is 24.3 Å². The van der Waals surface area contributed by atoms with Gasteiger partial charge in [0.25, 0.3) is 0 Å². The Balaban J connectivity index is 2.87. The lowest BCUT2D eigenvalue weighted by Crippen LogP contribution is -2.32. The fourth-order valence-corrected chi connectivity index (χ4v) is 2.01. The lowest BCUT2D eigenvalue weighted by molar-refractivity contribution is -0.133. The van der Waals surface area contributed by atoms with E-state index in [1.807, 2.05) is 38.2 Å². The largest absolute Gasteiger partial charge is 0.496 e. The van der Waals surface area contributed by atoms with Crippen molar-refractivity contribution in [3.8, 4) is 5.75 Å². The minimum absolute atomic E-state index is 0.00556. The van der Waals surface area contributed by atoms with Gasteiger partial charge in [0.2, 0.25) is 5.91 Å². The van der Waals surface area contributed by atoms with Crippen LogP contribution in [0.4, 0.5) is 0 Å². The fourth-order valence-electron chi connectivity index (χ4n) is 2.01. The molecule has 0 aromatic heterocycles. The molecule has 0 spiro atoms. The van der Waals surface area contributed by atoms with Crippen LogP contribution in [0.3, 0.4) is 0 Å². The smallest absolute Gasteiger partial charge is 0.223 e. The molecule has 1 aromatic carbocycles. The van der Waals surface area contributed by atoms with Crippen LogP contribution in [-0.2, 0) is 4.79 Å². The molecule has 0 aliphatic heterocycles. The number of ether oxygens (including phenoxy) is 1. The number of carbonyl (C=O) groups is 1. The summed E-state index contributed by atoms with van der Waals surface area (Å²) >= 11 is 0. The molecule has 3 nitrogen and oxygen atoms in total. The van der Waals surface area contributed by atoms with Crippen molar-refractivity contribution in [2.24, 2.45) is 5.41 Å². The van der Waals surface area contributed by atoms with E-state index in [0.29, 0.717) is 6.42 Å². The van der Waals surface area contributed by atoms with Gasteiger partial charge in [-0.1, -0.05) is 39.0 Å². The van der Waals surface area contributed by atoms with Crippen LogP contribution in [-0.4, -0.2) is 25.0 Å². The zero-order chi connectivity index (χ0) is 14.6. The molecule has 1 rings (SSSR count). The second kappa shape index (κ2) is 6.09. The first-order chi connectivity index (χ1) is 8.76. The van der Waals surface area contributed by atoms with E-state index in [4.69, 9.17) is 4.74 Å². The highest BCUT2D eigenvalue weighted by Gasteiger charge is 2.24. The van der Waals surface area contributed by atoms with Gasteiger partial charge in [-0.05, 0) is 18.4 Å². The number of methoxy groups -OCH3 is 1. The normalized spacial score (nSPS) is 12.9. The molecule has 0 N–H and O–H groups in total. The Labute approximate surface area is 116 Å². The molecular formula is C16H25NO2. The molecule has 0 aliphatic rings. The van der Waals surface area contributed by atoms with Crippen LogP contribution in [0, 0.1) is 5.41 Å². The minimum Gasteiger partial charge on any atom is -0.496 e. The highest BCUT2D eigenvalue weighted by molar-refractivity contribution is 5.77. The van der Waals surface area contributed by atoms with Crippen molar-refractivity contribution in [2.75, 3.05) is 14.2 Å². The molecule has 3 heteroatoms. The van der Waals surface area contributed by atoms with E-state index in [9.17, 15) is 4.79 Å². The van der Waals surface area contributed by atoms with E-state index in [1.165, 1.54) is 0 Å². The van der Waals surface area contributed by atoms with Gasteiger partial charge in [0, 0.05) is 19.0 Å². The molecule has 0 fully saturated rings. The van der Waals surface area contributed by atoms with Crippen LogP contribution >= 0.6 is 0 Å². The predicted molar refractivity (Wildman–Crippen MR) is 78.3 cm³/mol. The van der Waals surface area contributed by atoms with Crippen LogP contribution in [0.2, 0.25) is 0 Å². The van der Waals surface area contributed by atoms with Crippen molar-refractivity contribution < 1.29 is 9.53 Å². The minimum atomic E-state index is 0.00556. The monoisotopic (exact) mass is 263 g/mol. The summed E-state index contributed by atoms with van der Waals surface area (Å²) in [6, 6.07) is 7.84. The summed E-state index contributed by atoms with van der Waals surface area (Å²) in [6.45, 7) is 8.25. The Morgan fingerprint density at radius 2 is 1.89 bits per heavy atom. The lowest BCUT2D eigenvalue weighted by atomic mass is 9.91. The van der Waals surface area contributed by atoms with Crippen molar-refractivity contribution >= 4 is 5.91 Å². The van der Waals surface area contributed by atoms with E-state index in [2.05, 4.69) is 20.8 Å². The molecule has 1 aromatic rings. The molecule has 1 amide bonds. The molecule has 19 heavy (non-hydrogen) atoms. The quantitative estimate of drug-likeness (QED) is 0.830. The SMILES string of the molecule is COc1ccccc1C(C)N(C)C(=O)CC(C)(C)C. The standard InChI is InChI=1S/C16H25NO2/c1-12(13-9-7-8-10-14(13)19-6)17(5)15(18)11-16(2,3)4/h7-10,12H,11H2,1-6H3. The maximum absolute atomic E-state index is 12.3. The van der Waals surface area contributed by atoms with Crippen molar-refractivity contribution in [1.82, 2.24) is 4.90 Å². The Hall–Kier alpha value is -1.51. The lowest BCUT2D eigenvalue weighted by Gasteiger charge is -2.29. The van der Waals surface area contributed by atoms with Gasteiger partial charge in [-0.15, -0.1) is 0 Å². The molecular weight excluding hydrogens is 238 g/mol. The van der Waals surface area contributed by atoms with Crippen LogP contribution in [0.5, 0.6) is 5.75 Å². The molecule has 0 saturated carbocycles. The van der Waals surface area contributed by atoms with Crippen LogP contribution in [0.25, 0.3) is 0 Å². The highest BCUT2D eigenvalue weighted by Crippen LogP contribution is 2.29. The van der Waals surface area contributed by atoms with Crippen molar-refractivity contribution in [3.63, 3.8) is 0 Å². The summed E-state index contributed by atoms with van der Waals surface area (Å²) in [5.41, 5.74) is 1.04. The Kier molecular flexibility index (Phi) is 4.98. The van der Waals surface area contributed by atoms with Crippen LogP contribution in [0.1, 0.15) is 45.7 Å². The van der Waals surface area contributed by atoms with E-state index in [0.717, 1.165) is 11.3 Å². The molecule has 106 valence electrons. The summed E-state index contributed by atoms with van der Waals surface area (Å²) < 4.78 is 5.36. The molecule has 0 saturated heterocycles. The third kappa shape index (κ3) is 4.27. The maximum atomic E-state index is 12.3. The van der Waals surface area contributed by atoms with Crippen molar-refractivity contribution in [2.45, 2.75) is 40.2 Å². The van der Waals surface area contributed by atoms with Gasteiger partial charge in [-0.3, -0.25) is 4.79 Å². The fraction of sp³-hybridized carbons (Fsp3) is 0.562. The summed E-state index contributed by atoms with van der Waals surface area (Å²) in [4.78, 5) is 14.1. The van der Waals surface area contributed by atoms with Gasteiger partial charge in [-0.2, -0.15) is 0 Å². The Morgan fingerprint density at radius 1 is 1.32 bits per heavy atom. The number of benzene rings is 1. The third-order valence-corrected chi connectivity index (χ3v) is 3.24. The van der Waals surface area contributed by atoms with Gasteiger partial charge in [0.05, 0.1) is 13.2 Å². The number of hydrogen-bond acceptors (Lipinski definition) is 2. The van der Waals surface area contributed by atoms with Gasteiger partial charge < -0.3 is 9.64 Å². The predicted octanol–water partition coefficient (Wildman–Crippen LogP) is 3.65. The van der Waals surface area contributed by atoms with Crippen molar-refractivity contribution in [1.29, 1.82) is 0 Å². The van der Waals surface area contributed by atoms with Gasteiger partial charge in [0.1, 0.15) is 5.75 Å². The zero-order valence-corrected chi connectivity index (χ0v) is 12.9. The topological polar surface area (TPSA) is 29.5 Å². The van der Waals surface area contributed by atoms with Crippen molar-refractivity contribution in [3.05, 3.63) is 29.8 Å². The number of hydrogen-bond donors (Lipinski definition) is 0. The van der Waals surface area contributed by atoms with E-state index in [1.54, 1.807) is 12.0 Å². The average molecular weight is 263 g/mol. The number of carbonyl (C=O) groups excluding carboxylic acids is 1. The van der Waals surface area contributed by atoms with E-state index < -0.39 is 0 Å². The Bertz CT molecular complexity index is 435. The summed E-state index contributed by atoms with van der Waals surface area (Å²) in [5.74, 6) is 0.983. The molecule has 1 unspecified atom stereocenters. The summed E-state index contributed by atoms with van der Waals surface area (Å²) in [6.07, 6.45) is 0.545. The molecule has 0 aliphatic carbocycles. The first-order valence-electron chi connectivity index (χ1n) is 6.65. The molecule has 0 heterocycles. The Morgan fingerprint density at radius 3 is 2.42 bits per heavy atom. The molecule has 0 radical (unpaired) electrons. The number of para-hydroxylation sites is 1. The van der Waals surface area contributed by atoms with Crippen LogP contribution < -0.4 is 4.74 Å². The third-order valence-electron chi connectivity index (χ3n) is 3.24. The molecule has 1 atom stereocenters. The van der Waals surface area contributed by atoms with Gasteiger partial charge >= 0.3 is 0 Å². The highest BCUT2D eigenvalue weighted by atomic mass is 16.5. The second-order valence-electron chi connectivity index (χ2n) is 6.16. The first kappa shape index (κ1) is 15.5. The number of nitrogens with zero attached hydrogens (tertiary/aromatic N) is 1. The number of amides is 1. The molecule has 0 bridgehead atoms. The maximum Gasteiger partial charge on any atom is 0.223 e. The summed E-state index contributed by atoms with van der Waals surface area (Å²) in [7, 11) is 3.51. The number of rotatable bonds is 4. The zero-order valence-electron chi connectivity index (χ0n) is 12.9. The second-order valence-corrected chi connectivity index (χ2v) is 6.16. The first-order valence-corrected chi connectivity index (χ1v) is 6.65. The summed E-state index contributed by atoms with van der Waals surface area (Å²) in [5, 5.41) is 0. The van der Waals surface area contributed by atoms with E-state index in [-0.39, 0.29) is 17.4 Å². The van der Waals surface area contributed by atoms with Gasteiger partial charge in [0.15, 0.2) is 0 Å². The average Bonchev–Trinajstić information content (AvgIpc) is 2.34. The van der Waals surface area contributed by atoms with E-state index >= 15 is 0 Å². The van der Waals surface area contributed by atoms with Gasteiger partial charge in [-0.25, -0.2) is 0 Å².